The maximum Gasteiger partial charge on any atom is 0.238 e. The van der Waals surface area contributed by atoms with E-state index in [0.29, 0.717) is 22.3 Å². The Kier molecular flexibility index (Phi) is 3.20. The first-order valence-corrected chi connectivity index (χ1v) is 5.61. The molecule has 0 amide bonds. The number of nitrogens with two attached hydrogens (primary N) is 1. The molecule has 1 aromatic heterocycles. The van der Waals surface area contributed by atoms with Crippen molar-refractivity contribution in [3.63, 3.8) is 0 Å². The Morgan fingerprint density at radius 2 is 2.00 bits per heavy atom. The molecule has 0 saturated heterocycles. The lowest BCUT2D eigenvalue weighted by atomic mass is 10.1. The molecule has 1 heterocycles. The molecule has 3 nitrogen and oxygen atoms in total. The maximum absolute atomic E-state index is 5.98. The van der Waals surface area contributed by atoms with Gasteiger partial charge in [0.1, 0.15) is 10.8 Å². The van der Waals surface area contributed by atoms with Gasteiger partial charge >= 0.3 is 0 Å². The van der Waals surface area contributed by atoms with Crippen LogP contribution in [-0.2, 0) is 0 Å². The molecule has 0 bridgehead atoms. The second-order valence-corrected chi connectivity index (χ2v) is 4.27. The van der Waals surface area contributed by atoms with Crippen LogP contribution in [0.4, 0.5) is 5.69 Å². The van der Waals surface area contributed by atoms with Gasteiger partial charge in [0.05, 0.1) is 0 Å². The van der Waals surface area contributed by atoms with Crippen LogP contribution in [-0.4, -0.2) is 4.98 Å². The number of hydrogen-bond acceptors (Lipinski definition) is 3. The van der Waals surface area contributed by atoms with Gasteiger partial charge in [-0.25, -0.2) is 4.98 Å². The Bertz CT molecular complexity index is 555. The fourth-order valence-electron chi connectivity index (χ4n) is 1.51. The second-order valence-electron chi connectivity index (χ2n) is 3.87. The van der Waals surface area contributed by atoms with E-state index in [0.717, 1.165) is 11.1 Å². The van der Waals surface area contributed by atoms with E-state index in [4.69, 9.17) is 22.1 Å². The van der Waals surface area contributed by atoms with Crippen LogP contribution in [0, 0.1) is 13.8 Å². The van der Waals surface area contributed by atoms with Crippen molar-refractivity contribution in [1.29, 1.82) is 0 Å². The van der Waals surface area contributed by atoms with Crippen LogP contribution in [0.25, 0.3) is 0 Å². The van der Waals surface area contributed by atoms with Gasteiger partial charge in [-0.1, -0.05) is 17.7 Å². The number of nitrogen functional groups attached to an aromatic ring is 1. The van der Waals surface area contributed by atoms with Gasteiger partial charge in [-0.3, -0.25) is 0 Å². The van der Waals surface area contributed by atoms with E-state index in [1.54, 1.807) is 24.4 Å². The molecule has 0 radical (unpaired) electrons. The van der Waals surface area contributed by atoms with Crippen molar-refractivity contribution >= 4 is 17.3 Å². The third-order valence-electron chi connectivity index (χ3n) is 2.49. The van der Waals surface area contributed by atoms with Gasteiger partial charge in [-0.05, 0) is 37.1 Å². The fourth-order valence-corrected chi connectivity index (χ4v) is 1.67. The molecule has 0 aliphatic rings. The minimum atomic E-state index is 0.389. The number of halogens is 1. The smallest absolute Gasteiger partial charge is 0.238 e. The van der Waals surface area contributed by atoms with E-state index < -0.39 is 0 Å². The first kappa shape index (κ1) is 11.7. The predicted molar refractivity (Wildman–Crippen MR) is 69.6 cm³/mol. The normalized spacial score (nSPS) is 10.3. The molecule has 2 aromatic rings. The highest BCUT2D eigenvalue weighted by molar-refractivity contribution is 6.31. The average molecular weight is 249 g/mol. The first-order chi connectivity index (χ1) is 8.08. The van der Waals surface area contributed by atoms with Crippen molar-refractivity contribution in [3.8, 4) is 11.6 Å². The molecule has 1 aromatic carbocycles. The van der Waals surface area contributed by atoms with Gasteiger partial charge in [0, 0.05) is 18.0 Å². The van der Waals surface area contributed by atoms with Gasteiger partial charge in [0.15, 0.2) is 0 Å². The molecule has 0 aliphatic carbocycles. The third kappa shape index (κ3) is 2.50. The zero-order valence-electron chi connectivity index (χ0n) is 9.70. The summed E-state index contributed by atoms with van der Waals surface area (Å²) in [6.45, 7) is 3.92. The Morgan fingerprint density at radius 1 is 1.24 bits per heavy atom. The van der Waals surface area contributed by atoms with Gasteiger partial charge in [0.2, 0.25) is 5.88 Å². The highest BCUT2D eigenvalue weighted by Gasteiger charge is 2.08. The molecular formula is C13H13ClN2O. The molecule has 17 heavy (non-hydrogen) atoms. The van der Waals surface area contributed by atoms with Crippen molar-refractivity contribution in [2.45, 2.75) is 13.8 Å². The number of benzene rings is 1. The summed E-state index contributed by atoms with van der Waals surface area (Å²) in [7, 11) is 0. The molecular weight excluding hydrogens is 236 g/mol. The average Bonchev–Trinajstić information content (AvgIpc) is 2.29. The van der Waals surface area contributed by atoms with E-state index >= 15 is 0 Å². The van der Waals surface area contributed by atoms with Crippen LogP contribution in [0.1, 0.15) is 11.1 Å². The lowest BCUT2D eigenvalue weighted by molar-refractivity contribution is 0.460. The lowest BCUT2D eigenvalue weighted by Gasteiger charge is -2.11. The molecule has 2 N–H and O–H groups in total. The van der Waals surface area contributed by atoms with Crippen molar-refractivity contribution < 1.29 is 4.74 Å². The van der Waals surface area contributed by atoms with Crippen LogP contribution in [0.2, 0.25) is 5.02 Å². The predicted octanol–water partition coefficient (Wildman–Crippen LogP) is 3.73. The monoisotopic (exact) mass is 248 g/mol. The van der Waals surface area contributed by atoms with Gasteiger partial charge in [-0.15, -0.1) is 0 Å². The van der Waals surface area contributed by atoms with Crippen molar-refractivity contribution in [1.82, 2.24) is 4.98 Å². The summed E-state index contributed by atoms with van der Waals surface area (Å²) in [5.74, 6) is 1.06. The molecule has 0 aliphatic heterocycles. The Labute approximate surface area is 105 Å². The van der Waals surface area contributed by atoms with E-state index in [2.05, 4.69) is 4.98 Å². The molecule has 0 unspecified atom stereocenters. The second kappa shape index (κ2) is 4.63. The number of aromatic nitrogens is 1. The largest absolute Gasteiger partial charge is 0.437 e. The summed E-state index contributed by atoms with van der Waals surface area (Å²) in [5.41, 5.74) is 8.57. The Hall–Kier alpha value is -1.74. The zero-order chi connectivity index (χ0) is 12.4. The van der Waals surface area contributed by atoms with Crippen molar-refractivity contribution in [2.75, 3.05) is 5.73 Å². The summed E-state index contributed by atoms with van der Waals surface area (Å²) in [4.78, 5) is 4.07. The van der Waals surface area contributed by atoms with Crippen LogP contribution < -0.4 is 10.5 Å². The summed E-state index contributed by atoms with van der Waals surface area (Å²) in [6, 6.07) is 7.25. The molecule has 4 heteroatoms. The molecule has 88 valence electrons. The summed E-state index contributed by atoms with van der Waals surface area (Å²) in [5, 5.41) is 0.478. The number of nitrogens with zero attached hydrogens (tertiary/aromatic N) is 1. The van der Waals surface area contributed by atoms with Gasteiger partial charge < -0.3 is 10.5 Å². The van der Waals surface area contributed by atoms with Crippen LogP contribution in [0.5, 0.6) is 11.6 Å². The molecule has 0 saturated carbocycles. The Balaban J connectivity index is 2.37. The molecule has 0 atom stereocenters. The highest BCUT2D eigenvalue weighted by Crippen LogP contribution is 2.31. The fraction of sp³-hybridized carbons (Fsp3) is 0.154. The Morgan fingerprint density at radius 3 is 2.71 bits per heavy atom. The number of hydrogen-bond donors (Lipinski definition) is 1. The SMILES string of the molecule is Cc1cc(C)c(Oc2ncccc2Cl)cc1N. The number of anilines is 1. The van der Waals surface area contributed by atoms with Crippen LogP contribution in [0.3, 0.4) is 0 Å². The highest BCUT2D eigenvalue weighted by atomic mass is 35.5. The van der Waals surface area contributed by atoms with Gasteiger partial charge in [-0.2, -0.15) is 0 Å². The number of pyridine rings is 1. The summed E-state index contributed by atoms with van der Waals surface area (Å²) >= 11 is 5.98. The van der Waals surface area contributed by atoms with Crippen LogP contribution >= 0.6 is 11.6 Å². The first-order valence-electron chi connectivity index (χ1n) is 5.23. The minimum absolute atomic E-state index is 0.389. The molecule has 0 fully saturated rings. The van der Waals surface area contributed by atoms with Crippen molar-refractivity contribution in [2.24, 2.45) is 0 Å². The zero-order valence-corrected chi connectivity index (χ0v) is 10.5. The summed E-state index contributed by atoms with van der Waals surface area (Å²) < 4.78 is 5.65. The van der Waals surface area contributed by atoms with E-state index in [1.165, 1.54) is 0 Å². The standard InChI is InChI=1S/C13H13ClN2O/c1-8-6-9(2)12(7-11(8)15)17-13-10(14)4-3-5-16-13/h3-7H,15H2,1-2H3. The lowest BCUT2D eigenvalue weighted by Crippen LogP contribution is -1.95. The molecule has 0 spiro atoms. The number of rotatable bonds is 2. The molecule has 2 rings (SSSR count). The minimum Gasteiger partial charge on any atom is -0.437 e. The van der Waals surface area contributed by atoms with E-state index in [9.17, 15) is 0 Å². The maximum atomic E-state index is 5.98. The van der Waals surface area contributed by atoms with E-state index in [1.807, 2.05) is 19.9 Å². The van der Waals surface area contributed by atoms with Crippen LogP contribution in [0.15, 0.2) is 30.5 Å². The number of ether oxygens (including phenoxy) is 1. The topological polar surface area (TPSA) is 48.1 Å². The van der Waals surface area contributed by atoms with Gasteiger partial charge in [0.25, 0.3) is 0 Å². The van der Waals surface area contributed by atoms with Crippen molar-refractivity contribution in [3.05, 3.63) is 46.6 Å². The number of aryl methyl sites for hydroxylation is 2. The van der Waals surface area contributed by atoms with E-state index in [-0.39, 0.29) is 0 Å². The quantitative estimate of drug-likeness (QED) is 0.824. The third-order valence-corrected chi connectivity index (χ3v) is 2.78. The summed E-state index contributed by atoms with van der Waals surface area (Å²) in [6.07, 6.45) is 1.63.